The van der Waals surface area contributed by atoms with Crippen molar-refractivity contribution >= 4 is 0 Å². The number of rotatable bonds is 1. The molecule has 1 fully saturated rings. The normalized spacial score (nSPS) is 31.1. The van der Waals surface area contributed by atoms with Crippen LogP contribution in [0.25, 0.3) is 0 Å². The minimum absolute atomic E-state index is 0.00880. The van der Waals surface area contributed by atoms with Gasteiger partial charge in [-0.15, -0.1) is 0 Å². The topological polar surface area (TPSA) is 36.3 Å². The lowest BCUT2D eigenvalue weighted by atomic mass is 9.74. The zero-order valence-corrected chi connectivity index (χ0v) is 11.4. The molecule has 0 bridgehead atoms. The molecule has 0 saturated carbocycles. The predicted molar refractivity (Wildman–Crippen MR) is 65.1 cm³/mol. The molecule has 0 unspecified atom stereocenters. The first-order chi connectivity index (χ1) is 7.22. The molecule has 1 saturated heterocycles. The van der Waals surface area contributed by atoms with Gasteiger partial charge in [0.25, 0.3) is 0 Å². The Bertz CT molecular complexity index is 285. The summed E-state index contributed by atoms with van der Waals surface area (Å²) in [5.41, 5.74) is -0.00414. The fraction of sp³-hybridized carbons (Fsp3) is 0.923. The quantitative estimate of drug-likeness (QED) is 0.686. The summed E-state index contributed by atoms with van der Waals surface area (Å²) in [6, 6.07) is 2.44. The number of ether oxygens (including phenoxy) is 1. The number of nitriles is 1. The summed E-state index contributed by atoms with van der Waals surface area (Å²) in [7, 11) is 1.76. The highest BCUT2D eigenvalue weighted by molar-refractivity contribution is 5.08. The molecular formula is C13H24N2O. The fourth-order valence-corrected chi connectivity index (χ4v) is 2.57. The maximum absolute atomic E-state index is 9.39. The van der Waals surface area contributed by atoms with Gasteiger partial charge in [0.2, 0.25) is 0 Å². The van der Waals surface area contributed by atoms with E-state index in [1.165, 1.54) is 0 Å². The molecule has 0 aromatic carbocycles. The SMILES string of the molecule is CO[C@@H]1CN(C(C)(C)C)[C@H](C#N)C(C)(C)C1. The molecular weight excluding hydrogens is 200 g/mol. The number of hydrogen-bond donors (Lipinski definition) is 0. The maximum Gasteiger partial charge on any atom is 0.104 e. The summed E-state index contributed by atoms with van der Waals surface area (Å²) in [6.07, 6.45) is 1.19. The van der Waals surface area contributed by atoms with Gasteiger partial charge in [-0.3, -0.25) is 4.90 Å². The fourth-order valence-electron chi connectivity index (χ4n) is 2.57. The summed E-state index contributed by atoms with van der Waals surface area (Å²) < 4.78 is 5.49. The third kappa shape index (κ3) is 2.56. The van der Waals surface area contributed by atoms with Gasteiger partial charge in [-0.05, 0) is 32.6 Å². The van der Waals surface area contributed by atoms with E-state index in [0.29, 0.717) is 0 Å². The molecule has 0 aliphatic carbocycles. The Hall–Kier alpha value is -0.590. The van der Waals surface area contributed by atoms with E-state index in [2.05, 4.69) is 45.6 Å². The molecule has 1 rings (SSSR count). The van der Waals surface area contributed by atoms with E-state index < -0.39 is 0 Å². The van der Waals surface area contributed by atoms with Crippen LogP contribution in [0, 0.1) is 16.7 Å². The molecule has 3 heteroatoms. The van der Waals surface area contributed by atoms with Crippen LogP contribution in [0.1, 0.15) is 41.0 Å². The van der Waals surface area contributed by atoms with Gasteiger partial charge in [-0.25, -0.2) is 0 Å². The number of methoxy groups -OCH3 is 1. The summed E-state index contributed by atoms with van der Waals surface area (Å²) in [5.74, 6) is 0. The first-order valence-corrected chi connectivity index (χ1v) is 5.91. The third-order valence-corrected chi connectivity index (χ3v) is 3.52. The highest BCUT2D eigenvalue weighted by Crippen LogP contribution is 2.39. The van der Waals surface area contributed by atoms with Crippen molar-refractivity contribution in [3.63, 3.8) is 0 Å². The lowest BCUT2D eigenvalue weighted by molar-refractivity contribution is -0.0740. The standard InChI is InChI=1S/C13H24N2O/c1-12(2,3)15-9-10(16-6)7-13(4,5)11(15)8-14/h10-11H,7,9H2,1-6H3/t10-,11+/m0/s1. The lowest BCUT2D eigenvalue weighted by Gasteiger charge is -2.51. The van der Waals surface area contributed by atoms with Gasteiger partial charge in [0.1, 0.15) is 6.04 Å². The van der Waals surface area contributed by atoms with Gasteiger partial charge in [-0.1, -0.05) is 13.8 Å². The number of piperidine rings is 1. The summed E-state index contributed by atoms with van der Waals surface area (Å²) in [6.45, 7) is 11.6. The predicted octanol–water partition coefficient (Wildman–Crippen LogP) is 2.42. The van der Waals surface area contributed by atoms with Crippen molar-refractivity contribution in [1.82, 2.24) is 4.90 Å². The van der Waals surface area contributed by atoms with Crippen LogP contribution in [0.5, 0.6) is 0 Å². The van der Waals surface area contributed by atoms with Crippen LogP contribution in [0.4, 0.5) is 0 Å². The molecule has 16 heavy (non-hydrogen) atoms. The Kier molecular flexibility index (Phi) is 3.66. The van der Waals surface area contributed by atoms with Gasteiger partial charge >= 0.3 is 0 Å². The second-order valence-corrected chi connectivity index (χ2v) is 6.41. The number of nitrogens with zero attached hydrogens (tertiary/aromatic N) is 2. The first-order valence-electron chi connectivity index (χ1n) is 5.91. The van der Waals surface area contributed by atoms with Crippen molar-refractivity contribution < 1.29 is 4.74 Å². The van der Waals surface area contributed by atoms with E-state index >= 15 is 0 Å². The maximum atomic E-state index is 9.39. The molecule has 2 atom stereocenters. The Morgan fingerprint density at radius 3 is 2.31 bits per heavy atom. The first kappa shape index (κ1) is 13.5. The van der Waals surface area contributed by atoms with E-state index in [9.17, 15) is 5.26 Å². The van der Waals surface area contributed by atoms with Crippen molar-refractivity contribution in [2.24, 2.45) is 5.41 Å². The monoisotopic (exact) mass is 224 g/mol. The second-order valence-electron chi connectivity index (χ2n) is 6.41. The molecule has 0 amide bonds. The second kappa shape index (κ2) is 4.35. The minimum Gasteiger partial charge on any atom is -0.380 e. The van der Waals surface area contributed by atoms with Gasteiger partial charge in [0, 0.05) is 19.2 Å². The molecule has 92 valence electrons. The zero-order chi connectivity index (χ0) is 12.6. The van der Waals surface area contributed by atoms with Crippen molar-refractivity contribution in [3.8, 4) is 6.07 Å². The molecule has 1 aliphatic heterocycles. The molecule has 3 nitrogen and oxygen atoms in total. The summed E-state index contributed by atoms with van der Waals surface area (Å²) in [4.78, 5) is 2.27. The lowest BCUT2D eigenvalue weighted by Crippen LogP contribution is -2.60. The van der Waals surface area contributed by atoms with Crippen LogP contribution in [0.15, 0.2) is 0 Å². The highest BCUT2D eigenvalue weighted by Gasteiger charge is 2.45. The molecule has 1 aliphatic rings. The van der Waals surface area contributed by atoms with Crippen molar-refractivity contribution in [2.75, 3.05) is 13.7 Å². The van der Waals surface area contributed by atoms with E-state index in [1.54, 1.807) is 7.11 Å². The summed E-state index contributed by atoms with van der Waals surface area (Å²) in [5, 5.41) is 9.39. The number of hydrogen-bond acceptors (Lipinski definition) is 3. The molecule has 0 aromatic rings. The van der Waals surface area contributed by atoms with Crippen LogP contribution >= 0.6 is 0 Å². The van der Waals surface area contributed by atoms with Gasteiger partial charge in [0.05, 0.1) is 12.2 Å². The minimum atomic E-state index is -0.0288. The van der Waals surface area contributed by atoms with E-state index in [0.717, 1.165) is 13.0 Å². The van der Waals surface area contributed by atoms with Crippen LogP contribution in [-0.4, -0.2) is 36.2 Å². The van der Waals surface area contributed by atoms with E-state index in [1.807, 2.05) is 0 Å². The van der Waals surface area contributed by atoms with Crippen molar-refractivity contribution in [3.05, 3.63) is 0 Å². The average molecular weight is 224 g/mol. The van der Waals surface area contributed by atoms with Crippen LogP contribution in [0.2, 0.25) is 0 Å². The van der Waals surface area contributed by atoms with Gasteiger partial charge < -0.3 is 4.74 Å². The van der Waals surface area contributed by atoms with Crippen molar-refractivity contribution in [2.45, 2.75) is 58.7 Å². The Morgan fingerprint density at radius 1 is 1.38 bits per heavy atom. The van der Waals surface area contributed by atoms with Crippen LogP contribution in [0.3, 0.4) is 0 Å². The largest absolute Gasteiger partial charge is 0.380 e. The zero-order valence-electron chi connectivity index (χ0n) is 11.4. The van der Waals surface area contributed by atoms with E-state index in [-0.39, 0.29) is 23.1 Å². The Morgan fingerprint density at radius 2 is 1.94 bits per heavy atom. The van der Waals surface area contributed by atoms with Gasteiger partial charge in [0.15, 0.2) is 0 Å². The summed E-state index contributed by atoms with van der Waals surface area (Å²) >= 11 is 0. The molecule has 0 radical (unpaired) electrons. The van der Waals surface area contributed by atoms with Gasteiger partial charge in [-0.2, -0.15) is 5.26 Å². The Labute approximate surface area is 99.4 Å². The average Bonchev–Trinajstić information content (AvgIpc) is 2.13. The molecule has 0 spiro atoms. The van der Waals surface area contributed by atoms with Crippen molar-refractivity contribution in [1.29, 1.82) is 5.26 Å². The molecule has 0 N–H and O–H groups in total. The van der Waals surface area contributed by atoms with Crippen LogP contribution in [-0.2, 0) is 4.74 Å². The molecule has 0 aromatic heterocycles. The van der Waals surface area contributed by atoms with E-state index in [4.69, 9.17) is 4.74 Å². The van der Waals surface area contributed by atoms with Crippen LogP contribution < -0.4 is 0 Å². The molecule has 1 heterocycles. The number of likely N-dealkylation sites (tertiary alicyclic amines) is 1. The smallest absolute Gasteiger partial charge is 0.104 e. The third-order valence-electron chi connectivity index (χ3n) is 3.52. The Balaban J connectivity index is 3.00. The highest BCUT2D eigenvalue weighted by atomic mass is 16.5.